The fraction of sp³-hybridized carbons (Fsp3) is 1.00. The smallest absolute Gasteiger partial charge is 0.00673 e. The van der Waals surface area contributed by atoms with Gasteiger partial charge in [-0.05, 0) is 23.2 Å². The SMILES string of the molecule is CC(C)C(C)C(CBr)C(C)(C)C. The lowest BCUT2D eigenvalue weighted by atomic mass is 9.71. The minimum Gasteiger partial charge on any atom is -0.0925 e. The quantitative estimate of drug-likeness (QED) is 0.638. The lowest BCUT2D eigenvalue weighted by Gasteiger charge is -2.36. The van der Waals surface area contributed by atoms with E-state index < -0.39 is 0 Å². The molecule has 0 aromatic heterocycles. The van der Waals surface area contributed by atoms with Gasteiger partial charge in [0.1, 0.15) is 0 Å². The summed E-state index contributed by atoms with van der Waals surface area (Å²) in [5.41, 5.74) is 0.424. The molecular formula is C11H23Br. The van der Waals surface area contributed by atoms with Crippen molar-refractivity contribution in [2.45, 2.75) is 41.5 Å². The molecule has 0 aliphatic carbocycles. The van der Waals surface area contributed by atoms with Gasteiger partial charge in [-0.2, -0.15) is 0 Å². The number of hydrogen-bond donors (Lipinski definition) is 0. The van der Waals surface area contributed by atoms with Crippen LogP contribution in [0.2, 0.25) is 0 Å². The highest BCUT2D eigenvalue weighted by atomic mass is 79.9. The van der Waals surface area contributed by atoms with Crippen LogP contribution in [0.1, 0.15) is 41.5 Å². The summed E-state index contributed by atoms with van der Waals surface area (Å²) < 4.78 is 0. The zero-order valence-corrected chi connectivity index (χ0v) is 10.9. The van der Waals surface area contributed by atoms with Gasteiger partial charge in [0.15, 0.2) is 0 Å². The maximum Gasteiger partial charge on any atom is 0.00673 e. The molecule has 0 aliphatic heterocycles. The number of alkyl halides is 1. The minimum absolute atomic E-state index is 0.424. The highest BCUT2D eigenvalue weighted by Crippen LogP contribution is 2.36. The molecule has 0 saturated carbocycles. The van der Waals surface area contributed by atoms with Gasteiger partial charge in [-0.3, -0.25) is 0 Å². The Morgan fingerprint density at radius 3 is 1.58 bits per heavy atom. The van der Waals surface area contributed by atoms with E-state index in [1.165, 1.54) is 0 Å². The van der Waals surface area contributed by atoms with Crippen molar-refractivity contribution in [3.8, 4) is 0 Å². The minimum atomic E-state index is 0.424. The van der Waals surface area contributed by atoms with Crippen LogP contribution in [-0.2, 0) is 0 Å². The summed E-state index contributed by atoms with van der Waals surface area (Å²) in [5, 5.41) is 1.12. The Labute approximate surface area is 86.3 Å². The van der Waals surface area contributed by atoms with Crippen LogP contribution in [0.25, 0.3) is 0 Å². The average molecular weight is 235 g/mol. The van der Waals surface area contributed by atoms with Crippen LogP contribution in [0.3, 0.4) is 0 Å². The molecule has 12 heavy (non-hydrogen) atoms. The third-order valence-electron chi connectivity index (χ3n) is 2.96. The topological polar surface area (TPSA) is 0 Å². The Balaban J connectivity index is 4.35. The predicted octanol–water partition coefficient (Wildman–Crippen LogP) is 4.34. The molecule has 0 aliphatic rings. The normalized spacial score (nSPS) is 18.0. The highest BCUT2D eigenvalue weighted by molar-refractivity contribution is 9.09. The lowest BCUT2D eigenvalue weighted by Crippen LogP contribution is -2.30. The van der Waals surface area contributed by atoms with Crippen molar-refractivity contribution >= 4 is 15.9 Å². The van der Waals surface area contributed by atoms with E-state index in [0.29, 0.717) is 5.41 Å². The molecule has 0 N–H and O–H groups in total. The largest absolute Gasteiger partial charge is 0.0925 e. The molecule has 2 atom stereocenters. The van der Waals surface area contributed by atoms with Crippen molar-refractivity contribution in [2.75, 3.05) is 5.33 Å². The standard InChI is InChI=1S/C11H23Br/c1-8(2)9(3)10(7-12)11(4,5)6/h8-10H,7H2,1-6H3. The molecule has 0 bridgehead atoms. The molecule has 0 aromatic carbocycles. The number of halogens is 1. The zero-order chi connectivity index (χ0) is 9.94. The monoisotopic (exact) mass is 234 g/mol. The van der Waals surface area contributed by atoms with E-state index in [-0.39, 0.29) is 0 Å². The summed E-state index contributed by atoms with van der Waals surface area (Å²) in [6.07, 6.45) is 0. The van der Waals surface area contributed by atoms with Gasteiger partial charge in [0, 0.05) is 5.33 Å². The Morgan fingerprint density at radius 2 is 1.50 bits per heavy atom. The number of rotatable bonds is 3. The second-order valence-corrected chi connectivity index (χ2v) is 5.88. The molecule has 0 radical (unpaired) electrons. The van der Waals surface area contributed by atoms with Crippen LogP contribution in [0.15, 0.2) is 0 Å². The van der Waals surface area contributed by atoms with E-state index in [1.54, 1.807) is 0 Å². The van der Waals surface area contributed by atoms with Gasteiger partial charge in [-0.25, -0.2) is 0 Å². The van der Waals surface area contributed by atoms with Crippen molar-refractivity contribution in [2.24, 2.45) is 23.2 Å². The summed E-state index contributed by atoms with van der Waals surface area (Å²) in [7, 11) is 0. The maximum absolute atomic E-state index is 3.62. The van der Waals surface area contributed by atoms with Crippen LogP contribution in [0, 0.1) is 23.2 Å². The molecule has 0 heterocycles. The highest BCUT2D eigenvalue weighted by Gasteiger charge is 2.29. The van der Waals surface area contributed by atoms with Crippen molar-refractivity contribution in [3.05, 3.63) is 0 Å². The van der Waals surface area contributed by atoms with Crippen molar-refractivity contribution in [3.63, 3.8) is 0 Å². The maximum atomic E-state index is 3.62. The molecule has 0 spiro atoms. The van der Waals surface area contributed by atoms with Crippen LogP contribution >= 0.6 is 15.9 Å². The molecule has 0 saturated heterocycles. The van der Waals surface area contributed by atoms with E-state index in [1.807, 2.05) is 0 Å². The zero-order valence-electron chi connectivity index (χ0n) is 9.32. The fourth-order valence-electron chi connectivity index (χ4n) is 1.63. The second kappa shape index (κ2) is 4.64. The second-order valence-electron chi connectivity index (χ2n) is 5.23. The first kappa shape index (κ1) is 12.5. The molecule has 0 aromatic rings. The van der Waals surface area contributed by atoms with E-state index >= 15 is 0 Å². The molecule has 1 heteroatoms. The van der Waals surface area contributed by atoms with Crippen molar-refractivity contribution < 1.29 is 0 Å². The third kappa shape index (κ3) is 3.47. The first-order valence-electron chi connectivity index (χ1n) is 4.86. The Hall–Kier alpha value is 0.480. The van der Waals surface area contributed by atoms with Crippen LogP contribution in [0.5, 0.6) is 0 Å². The summed E-state index contributed by atoms with van der Waals surface area (Å²) in [4.78, 5) is 0. The van der Waals surface area contributed by atoms with Gasteiger partial charge in [-0.15, -0.1) is 0 Å². The number of hydrogen-bond acceptors (Lipinski definition) is 0. The first-order valence-corrected chi connectivity index (χ1v) is 5.98. The predicted molar refractivity (Wildman–Crippen MR) is 60.7 cm³/mol. The third-order valence-corrected chi connectivity index (χ3v) is 3.66. The summed E-state index contributed by atoms with van der Waals surface area (Å²) in [6.45, 7) is 14.0. The first-order chi connectivity index (χ1) is 5.30. The Kier molecular flexibility index (Phi) is 4.83. The van der Waals surface area contributed by atoms with Gasteiger partial charge in [-0.1, -0.05) is 57.5 Å². The van der Waals surface area contributed by atoms with Crippen molar-refractivity contribution in [1.29, 1.82) is 0 Å². The van der Waals surface area contributed by atoms with E-state index in [9.17, 15) is 0 Å². The molecule has 0 amide bonds. The van der Waals surface area contributed by atoms with Crippen LogP contribution in [0.4, 0.5) is 0 Å². The van der Waals surface area contributed by atoms with Gasteiger partial charge in [0.25, 0.3) is 0 Å². The molecule has 0 rings (SSSR count). The van der Waals surface area contributed by atoms with Crippen LogP contribution in [-0.4, -0.2) is 5.33 Å². The molecule has 2 unspecified atom stereocenters. The van der Waals surface area contributed by atoms with Crippen LogP contribution < -0.4 is 0 Å². The summed E-state index contributed by atoms with van der Waals surface area (Å²) >= 11 is 3.62. The van der Waals surface area contributed by atoms with Gasteiger partial charge >= 0.3 is 0 Å². The average Bonchev–Trinajstić information content (AvgIpc) is 1.85. The van der Waals surface area contributed by atoms with Gasteiger partial charge in [0.2, 0.25) is 0 Å². The Bertz CT molecular complexity index is 121. The molecule has 0 fully saturated rings. The van der Waals surface area contributed by atoms with E-state index in [4.69, 9.17) is 0 Å². The van der Waals surface area contributed by atoms with E-state index in [2.05, 4.69) is 57.5 Å². The molecule has 74 valence electrons. The lowest BCUT2D eigenvalue weighted by molar-refractivity contribution is 0.158. The van der Waals surface area contributed by atoms with Gasteiger partial charge in [0.05, 0.1) is 0 Å². The molecular weight excluding hydrogens is 212 g/mol. The summed E-state index contributed by atoms with van der Waals surface area (Å²) in [6, 6.07) is 0. The Morgan fingerprint density at radius 1 is 1.08 bits per heavy atom. The fourth-order valence-corrected chi connectivity index (χ4v) is 3.19. The molecule has 0 nitrogen and oxygen atoms in total. The van der Waals surface area contributed by atoms with Gasteiger partial charge < -0.3 is 0 Å². The van der Waals surface area contributed by atoms with E-state index in [0.717, 1.165) is 23.1 Å². The van der Waals surface area contributed by atoms with Crippen molar-refractivity contribution in [1.82, 2.24) is 0 Å². The summed E-state index contributed by atoms with van der Waals surface area (Å²) in [5.74, 6) is 2.36.